The number of benzene rings is 3. The molecule has 0 aliphatic carbocycles. The van der Waals surface area contributed by atoms with Gasteiger partial charge in [-0.3, -0.25) is 9.52 Å². The molecule has 1 heterocycles. The molecule has 7 nitrogen and oxygen atoms in total. The van der Waals surface area contributed by atoms with Crippen molar-refractivity contribution in [2.45, 2.75) is 24.8 Å². The number of nitrogens with one attached hydrogen (secondary N) is 2. The van der Waals surface area contributed by atoms with Gasteiger partial charge in [-0.1, -0.05) is 49.4 Å². The van der Waals surface area contributed by atoms with Crippen LogP contribution >= 0.6 is 0 Å². The number of rotatable bonds is 8. The van der Waals surface area contributed by atoms with Crippen molar-refractivity contribution in [1.29, 1.82) is 0 Å². The molecule has 0 aromatic heterocycles. The summed E-state index contributed by atoms with van der Waals surface area (Å²) in [7, 11) is -2.02. The predicted octanol–water partition coefficient (Wildman–Crippen LogP) is 3.73. The van der Waals surface area contributed by atoms with Gasteiger partial charge in [0, 0.05) is 51.1 Å². The molecule has 2 N–H and O–H groups in total. The molecule has 4 rings (SSSR count). The minimum Gasteiger partial charge on any atom is -0.368 e. The Morgan fingerprint density at radius 1 is 0.971 bits per heavy atom. The van der Waals surface area contributed by atoms with Crippen LogP contribution in [0.5, 0.6) is 0 Å². The first-order chi connectivity index (χ1) is 16.9. The summed E-state index contributed by atoms with van der Waals surface area (Å²) in [5.41, 5.74) is 3.75. The van der Waals surface area contributed by atoms with E-state index >= 15 is 0 Å². The van der Waals surface area contributed by atoms with Gasteiger partial charge in [0.05, 0.1) is 10.5 Å². The molecule has 0 saturated carbocycles. The Hall–Kier alpha value is -3.36. The normalized spacial score (nSPS) is 13.9. The number of aryl methyl sites for hydroxylation is 1. The molecule has 0 radical (unpaired) electrons. The molecule has 0 unspecified atom stereocenters. The van der Waals surface area contributed by atoms with Gasteiger partial charge >= 0.3 is 0 Å². The minimum absolute atomic E-state index is 0.157. The van der Waals surface area contributed by atoms with Crippen molar-refractivity contribution in [3.05, 3.63) is 89.5 Å². The fourth-order valence-electron chi connectivity index (χ4n) is 4.21. The van der Waals surface area contributed by atoms with Crippen LogP contribution < -0.4 is 14.9 Å². The first kappa shape index (κ1) is 24.8. The van der Waals surface area contributed by atoms with Crippen LogP contribution in [-0.2, 0) is 23.0 Å². The Labute approximate surface area is 207 Å². The fourth-order valence-corrected chi connectivity index (χ4v) is 5.25. The predicted molar refractivity (Wildman–Crippen MR) is 140 cm³/mol. The molecule has 184 valence electrons. The van der Waals surface area contributed by atoms with E-state index in [1.807, 2.05) is 55.5 Å². The Kier molecular flexibility index (Phi) is 7.73. The maximum absolute atomic E-state index is 13.6. The molecule has 0 spiro atoms. The van der Waals surface area contributed by atoms with E-state index in [0.717, 1.165) is 49.4 Å². The Morgan fingerprint density at radius 3 is 2.31 bits per heavy atom. The smallest absolute Gasteiger partial charge is 0.261 e. The molecule has 3 aromatic rings. The number of nitrogens with zero attached hydrogens (tertiary/aromatic N) is 2. The lowest BCUT2D eigenvalue weighted by Crippen LogP contribution is -2.44. The third kappa shape index (κ3) is 6.01. The summed E-state index contributed by atoms with van der Waals surface area (Å²) in [5, 5.41) is 3.33. The SMILES string of the molecule is CCc1ccc(S(=O)(=O)Nc2ccc(N3CCNCC3)c(C(=O)N(C)Cc3ccccc3)c2)cc1. The standard InChI is InChI=1S/C27H32N4O3S/c1-3-21-9-12-24(13-10-21)35(33,34)29-23-11-14-26(31-17-15-28-16-18-31)25(19-23)27(32)30(2)20-22-7-5-4-6-8-22/h4-14,19,28-29H,3,15-18,20H2,1-2H3. The summed E-state index contributed by atoms with van der Waals surface area (Å²) in [5.74, 6) is -0.157. The van der Waals surface area contributed by atoms with Crippen LogP contribution in [0.4, 0.5) is 11.4 Å². The number of carbonyl (C=O) groups excluding carboxylic acids is 1. The maximum atomic E-state index is 13.6. The number of anilines is 2. The van der Waals surface area contributed by atoms with Crippen molar-refractivity contribution in [1.82, 2.24) is 10.2 Å². The van der Waals surface area contributed by atoms with E-state index < -0.39 is 10.0 Å². The van der Waals surface area contributed by atoms with E-state index in [1.54, 1.807) is 36.2 Å². The van der Waals surface area contributed by atoms with Gasteiger partial charge in [-0.2, -0.15) is 0 Å². The van der Waals surface area contributed by atoms with E-state index in [9.17, 15) is 13.2 Å². The van der Waals surface area contributed by atoms with Crippen LogP contribution in [0.1, 0.15) is 28.4 Å². The zero-order valence-corrected chi connectivity index (χ0v) is 21.0. The minimum atomic E-state index is -3.79. The summed E-state index contributed by atoms with van der Waals surface area (Å²) < 4.78 is 28.7. The second kappa shape index (κ2) is 10.9. The first-order valence-corrected chi connectivity index (χ1v) is 13.4. The Bertz CT molecular complexity index is 1260. The molecule has 0 atom stereocenters. The highest BCUT2D eigenvalue weighted by molar-refractivity contribution is 7.92. The molecule has 1 fully saturated rings. The van der Waals surface area contributed by atoms with Gasteiger partial charge in [0.1, 0.15) is 0 Å². The molecule has 0 bridgehead atoms. The topological polar surface area (TPSA) is 81.8 Å². The van der Waals surface area contributed by atoms with Gasteiger partial charge < -0.3 is 15.1 Å². The van der Waals surface area contributed by atoms with Crippen molar-refractivity contribution >= 4 is 27.3 Å². The lowest BCUT2D eigenvalue weighted by Gasteiger charge is -2.32. The van der Waals surface area contributed by atoms with Crippen LogP contribution in [0.3, 0.4) is 0 Å². The highest BCUT2D eigenvalue weighted by Crippen LogP contribution is 2.28. The van der Waals surface area contributed by atoms with Crippen molar-refractivity contribution in [3.8, 4) is 0 Å². The maximum Gasteiger partial charge on any atom is 0.261 e. The fraction of sp³-hybridized carbons (Fsp3) is 0.296. The summed E-state index contributed by atoms with van der Waals surface area (Å²) in [6.45, 7) is 5.69. The Balaban J connectivity index is 1.64. The van der Waals surface area contributed by atoms with Gasteiger partial charge in [0.2, 0.25) is 0 Å². The number of piperazine rings is 1. The molecule has 8 heteroatoms. The number of amides is 1. The molecule has 1 aliphatic rings. The summed E-state index contributed by atoms with van der Waals surface area (Å²) in [4.78, 5) is 17.6. The van der Waals surface area contributed by atoms with Gasteiger partial charge in [0.25, 0.3) is 15.9 Å². The third-order valence-electron chi connectivity index (χ3n) is 6.19. The summed E-state index contributed by atoms with van der Waals surface area (Å²) >= 11 is 0. The van der Waals surface area contributed by atoms with Gasteiger partial charge in [-0.05, 0) is 47.9 Å². The molecule has 1 saturated heterocycles. The second-order valence-electron chi connectivity index (χ2n) is 8.72. The van der Waals surface area contributed by atoms with E-state index in [0.29, 0.717) is 17.8 Å². The number of hydrogen-bond acceptors (Lipinski definition) is 5. The second-order valence-corrected chi connectivity index (χ2v) is 10.4. The van der Waals surface area contributed by atoms with Gasteiger partial charge in [-0.25, -0.2) is 8.42 Å². The highest BCUT2D eigenvalue weighted by Gasteiger charge is 2.23. The molecule has 35 heavy (non-hydrogen) atoms. The quantitative estimate of drug-likeness (QED) is 0.501. The lowest BCUT2D eigenvalue weighted by atomic mass is 10.1. The van der Waals surface area contributed by atoms with E-state index in [4.69, 9.17) is 0 Å². The molecule has 1 amide bonds. The summed E-state index contributed by atoms with van der Waals surface area (Å²) in [6, 6.07) is 21.9. The van der Waals surface area contributed by atoms with Crippen LogP contribution in [0.25, 0.3) is 0 Å². The number of sulfonamides is 1. The van der Waals surface area contributed by atoms with E-state index in [1.165, 1.54) is 0 Å². The first-order valence-electron chi connectivity index (χ1n) is 11.9. The molecule has 3 aromatic carbocycles. The van der Waals surface area contributed by atoms with Crippen LogP contribution in [0.2, 0.25) is 0 Å². The highest BCUT2D eigenvalue weighted by atomic mass is 32.2. The van der Waals surface area contributed by atoms with Crippen LogP contribution in [0.15, 0.2) is 77.7 Å². The van der Waals surface area contributed by atoms with E-state index in [-0.39, 0.29) is 10.8 Å². The Morgan fingerprint density at radius 2 is 1.66 bits per heavy atom. The van der Waals surface area contributed by atoms with Crippen molar-refractivity contribution in [3.63, 3.8) is 0 Å². The van der Waals surface area contributed by atoms with Crippen molar-refractivity contribution in [2.75, 3.05) is 42.8 Å². The zero-order chi connectivity index (χ0) is 24.8. The molecular weight excluding hydrogens is 460 g/mol. The number of hydrogen-bond donors (Lipinski definition) is 2. The molecule has 1 aliphatic heterocycles. The lowest BCUT2D eigenvalue weighted by molar-refractivity contribution is 0.0785. The monoisotopic (exact) mass is 492 g/mol. The van der Waals surface area contributed by atoms with Crippen LogP contribution in [-0.4, -0.2) is 52.5 Å². The van der Waals surface area contributed by atoms with E-state index in [2.05, 4.69) is 14.9 Å². The van der Waals surface area contributed by atoms with Gasteiger partial charge in [0.15, 0.2) is 0 Å². The largest absolute Gasteiger partial charge is 0.368 e. The number of carbonyl (C=O) groups is 1. The van der Waals surface area contributed by atoms with Gasteiger partial charge in [-0.15, -0.1) is 0 Å². The average molecular weight is 493 g/mol. The van der Waals surface area contributed by atoms with Crippen molar-refractivity contribution < 1.29 is 13.2 Å². The zero-order valence-electron chi connectivity index (χ0n) is 20.2. The van der Waals surface area contributed by atoms with Crippen LogP contribution in [0, 0.1) is 0 Å². The average Bonchev–Trinajstić information content (AvgIpc) is 2.89. The third-order valence-corrected chi connectivity index (χ3v) is 7.59. The summed E-state index contributed by atoms with van der Waals surface area (Å²) in [6.07, 6.45) is 0.837. The van der Waals surface area contributed by atoms with Crippen molar-refractivity contribution in [2.24, 2.45) is 0 Å². The molecular formula is C27H32N4O3S.